The molecule has 3 rings (SSSR count). The van der Waals surface area contributed by atoms with Crippen molar-refractivity contribution < 1.29 is 19.4 Å². The Morgan fingerprint density at radius 2 is 1.89 bits per heavy atom. The minimum Gasteiger partial charge on any atom is -0.478 e. The lowest BCUT2D eigenvalue weighted by atomic mass is 10.1. The van der Waals surface area contributed by atoms with Crippen LogP contribution in [0.15, 0.2) is 42.6 Å². The molecule has 1 aliphatic rings. The van der Waals surface area contributed by atoms with E-state index < -0.39 is 5.97 Å². The number of carboxylic acid groups (broad SMARTS) is 1. The Labute approximate surface area is 164 Å². The number of nitrogens with zero attached hydrogens (tertiary/aromatic N) is 3. The van der Waals surface area contributed by atoms with Gasteiger partial charge >= 0.3 is 11.9 Å². The number of esters is 1. The topological polar surface area (TPSA) is 83.0 Å². The highest BCUT2D eigenvalue weighted by Crippen LogP contribution is 2.21. The Morgan fingerprint density at radius 1 is 1.14 bits per heavy atom. The molecule has 1 fully saturated rings. The van der Waals surface area contributed by atoms with E-state index in [0.29, 0.717) is 23.5 Å². The zero-order valence-electron chi connectivity index (χ0n) is 16.2. The number of pyridine rings is 1. The number of aromatic nitrogens is 1. The van der Waals surface area contributed by atoms with Gasteiger partial charge in [-0.1, -0.05) is 12.1 Å². The third-order valence-corrected chi connectivity index (χ3v) is 4.60. The summed E-state index contributed by atoms with van der Waals surface area (Å²) < 4.78 is 5.33. The number of benzene rings is 1. The van der Waals surface area contributed by atoms with Gasteiger partial charge in [0.1, 0.15) is 11.4 Å². The van der Waals surface area contributed by atoms with Crippen molar-refractivity contribution in [3.8, 4) is 0 Å². The summed E-state index contributed by atoms with van der Waals surface area (Å²) in [5, 5.41) is 9.14. The average Bonchev–Trinajstić information content (AvgIpc) is 2.68. The number of piperazine rings is 1. The molecule has 28 heavy (non-hydrogen) atoms. The predicted molar refractivity (Wildman–Crippen MR) is 106 cm³/mol. The molecule has 7 heteroatoms. The summed E-state index contributed by atoms with van der Waals surface area (Å²) in [6.07, 6.45) is 1.50. The van der Waals surface area contributed by atoms with E-state index >= 15 is 0 Å². The molecule has 1 aromatic heterocycles. The van der Waals surface area contributed by atoms with Gasteiger partial charge in [-0.2, -0.15) is 0 Å². The summed E-state index contributed by atoms with van der Waals surface area (Å²) in [5.74, 6) is -0.616. The largest absolute Gasteiger partial charge is 0.478 e. The molecule has 148 valence electrons. The molecule has 0 radical (unpaired) electrons. The van der Waals surface area contributed by atoms with Crippen LogP contribution in [0.5, 0.6) is 0 Å². The monoisotopic (exact) mass is 383 g/mol. The van der Waals surface area contributed by atoms with Crippen LogP contribution in [-0.2, 0) is 11.3 Å². The summed E-state index contributed by atoms with van der Waals surface area (Å²) in [6, 6.07) is 10.5. The van der Waals surface area contributed by atoms with Gasteiger partial charge in [0, 0.05) is 38.9 Å². The molecule has 1 saturated heterocycles. The lowest BCUT2D eigenvalue weighted by Crippen LogP contribution is -2.46. The van der Waals surface area contributed by atoms with Gasteiger partial charge in [-0.25, -0.2) is 14.6 Å². The molecule has 0 amide bonds. The van der Waals surface area contributed by atoms with Crippen molar-refractivity contribution in [1.82, 2.24) is 9.88 Å². The van der Waals surface area contributed by atoms with Crippen LogP contribution in [-0.4, -0.2) is 59.2 Å². The first-order valence-corrected chi connectivity index (χ1v) is 9.39. The van der Waals surface area contributed by atoms with Gasteiger partial charge in [0.05, 0.1) is 11.7 Å². The van der Waals surface area contributed by atoms with E-state index in [1.807, 2.05) is 19.9 Å². The zero-order valence-corrected chi connectivity index (χ0v) is 16.2. The van der Waals surface area contributed by atoms with Gasteiger partial charge in [-0.3, -0.25) is 4.90 Å². The first kappa shape index (κ1) is 19.8. The van der Waals surface area contributed by atoms with Crippen LogP contribution >= 0.6 is 0 Å². The number of hydrogen-bond acceptors (Lipinski definition) is 6. The van der Waals surface area contributed by atoms with Crippen molar-refractivity contribution in [2.75, 3.05) is 31.1 Å². The van der Waals surface area contributed by atoms with Crippen molar-refractivity contribution >= 4 is 17.8 Å². The number of carbonyl (C=O) groups is 2. The maximum absolute atomic E-state index is 12.4. The van der Waals surface area contributed by atoms with E-state index in [1.165, 1.54) is 0 Å². The van der Waals surface area contributed by atoms with E-state index in [0.717, 1.165) is 31.7 Å². The van der Waals surface area contributed by atoms with Crippen LogP contribution in [0.2, 0.25) is 0 Å². The molecule has 7 nitrogen and oxygen atoms in total. The van der Waals surface area contributed by atoms with Crippen molar-refractivity contribution in [1.29, 1.82) is 0 Å². The summed E-state index contributed by atoms with van der Waals surface area (Å²) in [7, 11) is 0. The molecule has 2 heterocycles. The van der Waals surface area contributed by atoms with Crippen molar-refractivity contribution in [3.05, 3.63) is 59.3 Å². The third kappa shape index (κ3) is 4.86. The molecule has 0 saturated carbocycles. The van der Waals surface area contributed by atoms with Crippen molar-refractivity contribution in [2.24, 2.45) is 0 Å². The zero-order chi connectivity index (χ0) is 20.1. The SMILES string of the molecule is CC(C)OC(=O)c1cccnc1N1CCN(Cc2cccc(C(=O)O)c2)CC1. The van der Waals surface area contributed by atoms with Crippen LogP contribution in [0.25, 0.3) is 0 Å². The van der Waals surface area contributed by atoms with Crippen LogP contribution in [0.3, 0.4) is 0 Å². The summed E-state index contributed by atoms with van der Waals surface area (Å²) >= 11 is 0. The molecule has 1 aliphatic heterocycles. The molecule has 0 aliphatic carbocycles. The fourth-order valence-corrected chi connectivity index (χ4v) is 3.26. The molecule has 0 unspecified atom stereocenters. The molecule has 0 bridgehead atoms. The first-order valence-electron chi connectivity index (χ1n) is 9.39. The van der Waals surface area contributed by atoms with E-state index in [2.05, 4.69) is 14.8 Å². The molecule has 2 aromatic rings. The maximum Gasteiger partial charge on any atom is 0.342 e. The van der Waals surface area contributed by atoms with Gasteiger partial charge in [0.25, 0.3) is 0 Å². The van der Waals surface area contributed by atoms with Crippen LogP contribution < -0.4 is 4.90 Å². The van der Waals surface area contributed by atoms with Crippen LogP contribution in [0.4, 0.5) is 5.82 Å². The lowest BCUT2D eigenvalue weighted by Gasteiger charge is -2.36. The van der Waals surface area contributed by atoms with Gasteiger partial charge in [-0.15, -0.1) is 0 Å². The standard InChI is InChI=1S/C21H25N3O4/c1-15(2)28-21(27)18-7-4-8-22-19(18)24-11-9-23(10-12-24)14-16-5-3-6-17(13-16)20(25)26/h3-8,13,15H,9-12,14H2,1-2H3,(H,25,26). The second-order valence-electron chi connectivity index (χ2n) is 7.10. The van der Waals surface area contributed by atoms with E-state index in [1.54, 1.807) is 36.5 Å². The van der Waals surface area contributed by atoms with Gasteiger partial charge in [0.2, 0.25) is 0 Å². The number of carboxylic acids is 1. The van der Waals surface area contributed by atoms with Gasteiger partial charge < -0.3 is 14.7 Å². The van der Waals surface area contributed by atoms with Crippen LogP contribution in [0, 0.1) is 0 Å². The second-order valence-corrected chi connectivity index (χ2v) is 7.10. The summed E-state index contributed by atoms with van der Waals surface area (Å²) in [6.45, 7) is 7.41. The van der Waals surface area contributed by atoms with Gasteiger partial charge in [0.15, 0.2) is 0 Å². The van der Waals surface area contributed by atoms with Crippen molar-refractivity contribution in [3.63, 3.8) is 0 Å². The average molecular weight is 383 g/mol. The molecular formula is C21H25N3O4. The molecular weight excluding hydrogens is 358 g/mol. The normalized spacial score (nSPS) is 14.9. The molecule has 0 atom stereocenters. The Hall–Kier alpha value is -2.93. The maximum atomic E-state index is 12.4. The number of anilines is 1. The molecule has 1 N–H and O–H groups in total. The Morgan fingerprint density at radius 3 is 2.57 bits per heavy atom. The van der Waals surface area contributed by atoms with Crippen LogP contribution in [0.1, 0.15) is 40.1 Å². The van der Waals surface area contributed by atoms with Crippen molar-refractivity contribution in [2.45, 2.75) is 26.5 Å². The van der Waals surface area contributed by atoms with Gasteiger partial charge in [-0.05, 0) is 43.7 Å². The minimum atomic E-state index is -0.914. The number of carbonyl (C=O) groups excluding carboxylic acids is 1. The highest BCUT2D eigenvalue weighted by Gasteiger charge is 2.23. The molecule has 0 spiro atoms. The lowest BCUT2D eigenvalue weighted by molar-refractivity contribution is 0.0377. The molecule has 1 aromatic carbocycles. The van der Waals surface area contributed by atoms with E-state index in [9.17, 15) is 9.59 Å². The quantitative estimate of drug-likeness (QED) is 0.768. The highest BCUT2D eigenvalue weighted by molar-refractivity contribution is 5.94. The number of aromatic carboxylic acids is 1. The minimum absolute atomic E-state index is 0.182. The predicted octanol–water partition coefficient (Wildman–Crippen LogP) is 2.67. The fraction of sp³-hybridized carbons (Fsp3) is 0.381. The van der Waals surface area contributed by atoms with E-state index in [-0.39, 0.29) is 12.1 Å². The Bertz CT molecular complexity index is 845. The summed E-state index contributed by atoms with van der Waals surface area (Å²) in [5.41, 5.74) is 1.77. The third-order valence-electron chi connectivity index (χ3n) is 4.60. The second kappa shape index (κ2) is 8.84. The van der Waals surface area contributed by atoms with E-state index in [4.69, 9.17) is 9.84 Å². The Balaban J connectivity index is 1.64. The highest BCUT2D eigenvalue weighted by atomic mass is 16.5. The smallest absolute Gasteiger partial charge is 0.342 e. The number of rotatable bonds is 6. The Kier molecular flexibility index (Phi) is 6.26. The number of ether oxygens (including phenoxy) is 1. The fourth-order valence-electron chi connectivity index (χ4n) is 3.26. The first-order chi connectivity index (χ1) is 13.4. The number of hydrogen-bond donors (Lipinski definition) is 1. The summed E-state index contributed by atoms with van der Waals surface area (Å²) in [4.78, 5) is 32.3.